The van der Waals surface area contributed by atoms with Gasteiger partial charge in [-0.25, -0.2) is 25.0 Å². The first-order valence-corrected chi connectivity index (χ1v) is 30.5. The van der Waals surface area contributed by atoms with E-state index < -0.39 is 78.1 Å². The monoisotopic (exact) mass is 1350 g/mol. The number of aromatic nitrogens is 10. The predicted molar refractivity (Wildman–Crippen MR) is 370 cm³/mol. The Kier molecular flexibility index (Phi) is 14.9. The first kappa shape index (κ1) is 57.6. The molecule has 0 bridgehead atoms. The summed E-state index contributed by atoms with van der Waals surface area (Å²) < 4.78 is 66.4. The van der Waals surface area contributed by atoms with Crippen LogP contribution in [0.4, 0.5) is 11.4 Å². The topological polar surface area (TPSA) is 301 Å². The van der Waals surface area contributed by atoms with Gasteiger partial charge in [0.25, 0.3) is 40.3 Å². The van der Waals surface area contributed by atoms with Crippen LogP contribution in [-0.4, -0.2) is 102 Å². The number of nitrogens with zero attached hydrogens (tertiary/aromatic N) is 11. The van der Waals surface area contributed by atoms with Crippen molar-refractivity contribution >= 4 is 103 Å². The fraction of sp³-hybridized carbons (Fsp3) is 0.155. The van der Waals surface area contributed by atoms with Crippen molar-refractivity contribution in [2.45, 2.75) is 58.4 Å². The van der Waals surface area contributed by atoms with Gasteiger partial charge in [0.05, 0.1) is 122 Å². The molecule has 0 radical (unpaired) electrons. The summed E-state index contributed by atoms with van der Waals surface area (Å²) in [4.78, 5) is 97.8. The van der Waals surface area contributed by atoms with Gasteiger partial charge in [0.1, 0.15) is 0 Å². The van der Waals surface area contributed by atoms with Crippen LogP contribution < -0.4 is 27.9 Å². The van der Waals surface area contributed by atoms with Crippen molar-refractivity contribution < 1.29 is 36.7 Å². The van der Waals surface area contributed by atoms with Gasteiger partial charge in [-0.15, -0.1) is 0 Å². The number of aromatic amines is 3. The standard InChI is InChI=1S/C28H17ClN6O3.C23H22BN3O5.C20H15ClN6O/c1-30-24-19(8-5-9-22(24)29)25-21(13-31-34(25)2)15-10-11-16-20(12-15)23(32-33-26(16)36)14-35-27(37)17-6-3-4-7-18(17)28(35)38;1-22(2)23(3,4)32-24(31-22)13-9-10-14-17(11-13)18(25-26-19(14)28)12-27-20(29)15-7-5-6-8-16(15)21(27)30;1-23-18-13(4-3-5-16(18)21)19-15(10-24-27(19)2)11-6-7-12-14(8-11)17(9-22)25-26-20(12)28/h3-13H,14H2,2H3,(H,33,36);5-11H,12H2,1-4H3,(H,26,28);3-8,10H,9,22H2,2H3,(H,26,28)/i14D2;12D2;9D2. The van der Waals surface area contributed by atoms with Crippen molar-refractivity contribution in [3.63, 3.8) is 0 Å². The number of hydrogen-bond donors (Lipinski definition) is 4. The number of hydrogen-bond acceptors (Lipinski definition) is 15. The minimum Gasteiger partial charge on any atom is -0.399 e. The van der Waals surface area contributed by atoms with Crippen LogP contribution in [0.25, 0.3) is 86.8 Å². The largest absolute Gasteiger partial charge is 0.494 e. The average Bonchev–Trinajstić information content (AvgIpc) is 1.49. The molecule has 0 atom stereocenters. The number of imide groups is 2. The first-order valence-electron chi connectivity index (χ1n) is 32.8. The van der Waals surface area contributed by atoms with Crippen LogP contribution >= 0.6 is 23.2 Å². The van der Waals surface area contributed by atoms with E-state index in [1.54, 1.807) is 139 Å². The Morgan fingerprint density at radius 2 is 0.847 bits per heavy atom. The van der Waals surface area contributed by atoms with Crippen molar-refractivity contribution in [3.8, 4) is 44.8 Å². The third kappa shape index (κ3) is 11.3. The number of nitrogens with one attached hydrogen (secondary N) is 3. The molecule has 12 aromatic rings. The van der Waals surface area contributed by atoms with E-state index in [-0.39, 0.29) is 77.0 Å². The van der Waals surface area contributed by atoms with E-state index in [0.717, 1.165) is 0 Å². The molecule has 0 saturated carbocycles. The smallest absolute Gasteiger partial charge is 0.399 e. The fourth-order valence-corrected chi connectivity index (χ4v) is 12.1. The van der Waals surface area contributed by atoms with Crippen molar-refractivity contribution in [1.82, 2.24) is 60.0 Å². The maximum atomic E-state index is 13.1. The van der Waals surface area contributed by atoms with Crippen LogP contribution in [0.3, 0.4) is 0 Å². The van der Waals surface area contributed by atoms with Gasteiger partial charge >= 0.3 is 7.12 Å². The third-order valence-electron chi connectivity index (χ3n) is 17.3. The summed E-state index contributed by atoms with van der Waals surface area (Å²) in [6.45, 7) is 15.2. The van der Waals surface area contributed by atoms with Crippen LogP contribution in [0.1, 0.15) is 94.4 Å². The van der Waals surface area contributed by atoms with Crippen LogP contribution in [0.15, 0.2) is 166 Å². The maximum absolute atomic E-state index is 13.1. The Labute approximate surface area is 575 Å². The summed E-state index contributed by atoms with van der Waals surface area (Å²) in [5.74, 6) is -3.14. The summed E-state index contributed by atoms with van der Waals surface area (Å²) in [5, 5.41) is 29.0. The summed E-state index contributed by atoms with van der Waals surface area (Å²) in [6.07, 6.45) is 3.23. The minimum atomic E-state index is -2.71. The number of H-pyrrole nitrogens is 3. The summed E-state index contributed by atoms with van der Waals surface area (Å²) in [7, 11) is 2.71. The fourth-order valence-electron chi connectivity index (χ4n) is 11.6. The lowest BCUT2D eigenvalue weighted by molar-refractivity contribution is 0.00578. The number of para-hydroxylation sites is 2. The molecule has 0 spiro atoms. The summed E-state index contributed by atoms with van der Waals surface area (Å²) in [6, 6.07) is 37.0. The lowest BCUT2D eigenvalue weighted by Gasteiger charge is -2.32. The van der Waals surface area contributed by atoms with Crippen LogP contribution in [0.2, 0.25) is 10.0 Å². The molecule has 484 valence electrons. The Bertz CT molecular complexity index is 5890. The number of benzene rings is 7. The van der Waals surface area contributed by atoms with E-state index in [4.69, 9.17) is 59.6 Å². The molecule has 1 fully saturated rings. The number of amides is 4. The molecule has 7 aromatic carbocycles. The van der Waals surface area contributed by atoms with Gasteiger partial charge in [-0.3, -0.25) is 52.7 Å². The highest BCUT2D eigenvalue weighted by Gasteiger charge is 2.52. The molecule has 5 N–H and O–H groups in total. The highest BCUT2D eigenvalue weighted by molar-refractivity contribution is 6.62. The van der Waals surface area contributed by atoms with E-state index in [1.807, 2.05) is 27.7 Å². The predicted octanol–water partition coefficient (Wildman–Crippen LogP) is 10.7. The molecule has 15 rings (SSSR count). The van der Waals surface area contributed by atoms with Crippen molar-refractivity contribution in [2.24, 2.45) is 19.8 Å². The molecule has 0 aliphatic carbocycles. The van der Waals surface area contributed by atoms with Gasteiger partial charge in [-0.1, -0.05) is 108 Å². The van der Waals surface area contributed by atoms with Gasteiger partial charge in [-0.2, -0.15) is 25.5 Å². The van der Waals surface area contributed by atoms with Gasteiger partial charge in [0.15, 0.2) is 0 Å². The third-order valence-corrected chi connectivity index (χ3v) is 17.9. The molecular weight excluding hydrogens is 1290 g/mol. The lowest BCUT2D eigenvalue weighted by Crippen LogP contribution is -2.41. The molecular formula is C71H54BCl2N15O9. The molecule has 27 heteroatoms. The summed E-state index contributed by atoms with van der Waals surface area (Å²) in [5.41, 5.74) is 8.62. The number of carbonyl (C=O) groups is 4. The zero-order chi connectivity index (χ0) is 74.6. The Morgan fingerprint density at radius 1 is 0.490 bits per heavy atom. The number of nitrogens with two attached hydrogens (primary N) is 1. The number of rotatable bonds is 10. The van der Waals surface area contributed by atoms with E-state index >= 15 is 0 Å². The SMILES string of the molecule is [2H]C([2H])(N)c1n[nH]c(=O)c2ccc(-c3cnn(C)c3-c3cccc(Cl)c3[N+]#[C-])cc12.[2H]C([2H])(c1n[nH]c(=O)c2ccc(-c3cnn(C)c3-c3cccc(Cl)c3[N+]#[C-])cc12)N1C(=O)c2ccccc2C1=O.[2H]C([2H])(c1n[nH]c(=O)c2ccc(B3OC(C)(C)C(C)(C)O3)cc12)N1C(=O)c2ccccc2C1=O. The molecule has 8 heterocycles. The molecule has 1 saturated heterocycles. The second kappa shape index (κ2) is 25.4. The number of aryl methyl sites for hydroxylation is 2. The van der Waals surface area contributed by atoms with Crippen LogP contribution in [-0.2, 0) is 42.9 Å². The van der Waals surface area contributed by atoms with Gasteiger partial charge < -0.3 is 15.0 Å². The second-order valence-corrected chi connectivity index (χ2v) is 24.3. The summed E-state index contributed by atoms with van der Waals surface area (Å²) >= 11 is 12.5. The highest BCUT2D eigenvalue weighted by Crippen LogP contribution is 2.44. The normalized spacial score (nSPS) is 15.6. The average molecular weight is 1350 g/mol. The molecule has 3 aliphatic rings. The quantitative estimate of drug-likeness (QED) is 0.0562. The molecule has 24 nitrogen and oxygen atoms in total. The number of carbonyl (C=O) groups excluding carboxylic acids is 4. The van der Waals surface area contributed by atoms with Crippen molar-refractivity contribution in [1.29, 1.82) is 0 Å². The Morgan fingerprint density at radius 3 is 1.23 bits per heavy atom. The van der Waals surface area contributed by atoms with E-state index in [0.29, 0.717) is 76.1 Å². The Hall–Kier alpha value is -11.8. The molecule has 5 aromatic heterocycles. The number of fused-ring (bicyclic) bond motifs is 5. The zero-order valence-corrected chi connectivity index (χ0v) is 53.9. The van der Waals surface area contributed by atoms with Gasteiger partial charge in [0, 0.05) is 71.8 Å². The number of halogens is 2. The second-order valence-electron chi connectivity index (χ2n) is 23.5. The van der Waals surface area contributed by atoms with E-state index in [9.17, 15) is 33.6 Å². The molecule has 4 amide bonds. The molecule has 0 unspecified atom stereocenters. The zero-order valence-electron chi connectivity index (χ0n) is 58.4. The maximum Gasteiger partial charge on any atom is 0.494 e. The van der Waals surface area contributed by atoms with E-state index in [2.05, 4.69) is 50.5 Å². The van der Waals surface area contributed by atoms with Crippen LogP contribution in [0, 0.1) is 13.1 Å². The first-order chi connectivity index (χ1) is 49.2. The van der Waals surface area contributed by atoms with Crippen molar-refractivity contribution in [3.05, 3.63) is 255 Å². The van der Waals surface area contributed by atoms with E-state index in [1.165, 1.54) is 36.4 Å². The highest BCUT2D eigenvalue weighted by atomic mass is 35.5. The lowest BCUT2D eigenvalue weighted by atomic mass is 9.78. The van der Waals surface area contributed by atoms with Crippen LogP contribution in [0.5, 0.6) is 0 Å². The van der Waals surface area contributed by atoms with Crippen molar-refractivity contribution in [2.75, 3.05) is 0 Å². The van der Waals surface area contributed by atoms with Gasteiger partial charge in [0.2, 0.25) is 11.4 Å². The molecule has 3 aliphatic heterocycles. The van der Waals surface area contributed by atoms with Gasteiger partial charge in [-0.05, 0) is 98.9 Å². The minimum absolute atomic E-state index is 0.0750. The molecule has 98 heavy (non-hydrogen) atoms. The Balaban J connectivity index is 0.000000140.